The van der Waals surface area contributed by atoms with Crippen molar-refractivity contribution in [2.75, 3.05) is 19.5 Å². The second kappa shape index (κ2) is 8.23. The van der Waals surface area contributed by atoms with Crippen LogP contribution in [0, 0.1) is 0 Å². The van der Waals surface area contributed by atoms with Crippen LogP contribution in [-0.4, -0.2) is 46.2 Å². The number of thioether (sulfide) groups is 1. The van der Waals surface area contributed by atoms with E-state index in [9.17, 15) is 4.79 Å². The van der Waals surface area contributed by atoms with Gasteiger partial charge in [-0.3, -0.25) is 4.79 Å². The molecule has 0 bridgehead atoms. The van der Waals surface area contributed by atoms with Crippen molar-refractivity contribution in [3.63, 3.8) is 0 Å². The summed E-state index contributed by atoms with van der Waals surface area (Å²) >= 11 is 1.36. The molecule has 1 rings (SSSR count). The van der Waals surface area contributed by atoms with Crippen molar-refractivity contribution in [3.05, 3.63) is 5.82 Å². The molecule has 1 atom stereocenters. The molecule has 0 radical (unpaired) electrons. The fraction of sp³-hybridized carbons (Fsp3) is 0.750. The van der Waals surface area contributed by atoms with Gasteiger partial charge in [0, 0.05) is 19.2 Å². The number of nitrogens with one attached hydrogen (secondary N) is 1. The molecule has 0 spiro atoms. The standard InChI is InChI=1S/C12H23N5O2S/c1-8(2)17-10(5-13)15-16-12(17)20-7-11(18)14-9(3)6-19-4/h8-9H,5-7,13H2,1-4H3,(H,14,18). The first-order chi connectivity index (χ1) is 9.49. The minimum Gasteiger partial charge on any atom is -0.383 e. The Hall–Kier alpha value is -1.12. The zero-order valence-electron chi connectivity index (χ0n) is 12.4. The first-order valence-electron chi connectivity index (χ1n) is 6.54. The van der Waals surface area contributed by atoms with Gasteiger partial charge in [0.2, 0.25) is 5.91 Å². The molecule has 114 valence electrons. The van der Waals surface area contributed by atoms with Crippen LogP contribution >= 0.6 is 11.8 Å². The van der Waals surface area contributed by atoms with Crippen molar-refractivity contribution in [1.82, 2.24) is 20.1 Å². The molecule has 8 heteroatoms. The number of carbonyl (C=O) groups is 1. The highest BCUT2D eigenvalue weighted by Crippen LogP contribution is 2.21. The average Bonchev–Trinajstić information content (AvgIpc) is 2.79. The predicted molar refractivity (Wildman–Crippen MR) is 78.5 cm³/mol. The Kier molecular flexibility index (Phi) is 6.97. The van der Waals surface area contributed by atoms with Gasteiger partial charge in [-0.15, -0.1) is 10.2 Å². The van der Waals surface area contributed by atoms with Gasteiger partial charge in [-0.2, -0.15) is 0 Å². The van der Waals surface area contributed by atoms with E-state index in [0.29, 0.717) is 18.9 Å². The van der Waals surface area contributed by atoms with Gasteiger partial charge < -0.3 is 20.4 Å². The Labute approximate surface area is 123 Å². The number of aromatic nitrogens is 3. The van der Waals surface area contributed by atoms with E-state index >= 15 is 0 Å². The lowest BCUT2D eigenvalue weighted by molar-refractivity contribution is -0.119. The Bertz CT molecular complexity index is 435. The molecule has 0 fully saturated rings. The molecule has 1 heterocycles. The minimum atomic E-state index is -0.0489. The van der Waals surface area contributed by atoms with Crippen LogP contribution in [-0.2, 0) is 16.1 Å². The first kappa shape index (κ1) is 16.9. The molecular weight excluding hydrogens is 278 g/mol. The molecule has 0 saturated heterocycles. The van der Waals surface area contributed by atoms with Gasteiger partial charge in [0.25, 0.3) is 0 Å². The maximum atomic E-state index is 11.8. The van der Waals surface area contributed by atoms with Crippen LogP contribution in [0.2, 0.25) is 0 Å². The summed E-state index contributed by atoms with van der Waals surface area (Å²) < 4.78 is 6.93. The lowest BCUT2D eigenvalue weighted by Gasteiger charge is -2.14. The van der Waals surface area contributed by atoms with E-state index in [1.807, 2.05) is 25.3 Å². The van der Waals surface area contributed by atoms with Crippen molar-refractivity contribution in [3.8, 4) is 0 Å². The van der Waals surface area contributed by atoms with E-state index in [-0.39, 0.29) is 18.0 Å². The van der Waals surface area contributed by atoms with Gasteiger partial charge in [0.1, 0.15) is 5.82 Å². The van der Waals surface area contributed by atoms with Crippen LogP contribution in [0.4, 0.5) is 0 Å². The molecule has 0 saturated carbocycles. The summed E-state index contributed by atoms with van der Waals surface area (Å²) in [5.41, 5.74) is 5.63. The molecule has 1 unspecified atom stereocenters. The second-order valence-electron chi connectivity index (χ2n) is 4.78. The zero-order chi connectivity index (χ0) is 15.1. The average molecular weight is 301 g/mol. The molecule has 0 aromatic carbocycles. The summed E-state index contributed by atoms with van der Waals surface area (Å²) in [6.07, 6.45) is 0. The summed E-state index contributed by atoms with van der Waals surface area (Å²) in [6.45, 7) is 6.80. The predicted octanol–water partition coefficient (Wildman–Crippen LogP) is 0.561. The molecular formula is C12H23N5O2S. The fourth-order valence-corrected chi connectivity index (χ4v) is 2.70. The van der Waals surface area contributed by atoms with Crippen molar-refractivity contribution < 1.29 is 9.53 Å². The van der Waals surface area contributed by atoms with Crippen LogP contribution in [0.1, 0.15) is 32.6 Å². The monoisotopic (exact) mass is 301 g/mol. The Morgan fingerprint density at radius 3 is 2.70 bits per heavy atom. The number of amides is 1. The van der Waals surface area contributed by atoms with E-state index in [1.165, 1.54) is 11.8 Å². The van der Waals surface area contributed by atoms with Crippen LogP contribution in [0.3, 0.4) is 0 Å². The summed E-state index contributed by atoms with van der Waals surface area (Å²) in [5, 5.41) is 11.7. The minimum absolute atomic E-state index is 0.00401. The number of rotatable bonds is 8. The fourth-order valence-electron chi connectivity index (χ4n) is 1.80. The van der Waals surface area contributed by atoms with Crippen LogP contribution in [0.15, 0.2) is 5.16 Å². The summed E-state index contributed by atoms with van der Waals surface area (Å²) in [5.74, 6) is 0.978. The van der Waals surface area contributed by atoms with Crippen molar-refractivity contribution >= 4 is 17.7 Å². The third kappa shape index (κ3) is 4.77. The first-order valence-corrected chi connectivity index (χ1v) is 7.53. The number of methoxy groups -OCH3 is 1. The van der Waals surface area contributed by atoms with Crippen LogP contribution in [0.5, 0.6) is 0 Å². The molecule has 0 aliphatic rings. The van der Waals surface area contributed by atoms with Gasteiger partial charge >= 0.3 is 0 Å². The van der Waals surface area contributed by atoms with E-state index in [0.717, 1.165) is 11.0 Å². The highest BCUT2D eigenvalue weighted by molar-refractivity contribution is 7.99. The zero-order valence-corrected chi connectivity index (χ0v) is 13.2. The number of hydrogen-bond donors (Lipinski definition) is 2. The molecule has 7 nitrogen and oxygen atoms in total. The maximum Gasteiger partial charge on any atom is 0.230 e. The number of carbonyl (C=O) groups excluding carboxylic acids is 1. The molecule has 1 aromatic rings. The van der Waals surface area contributed by atoms with Crippen molar-refractivity contribution in [1.29, 1.82) is 0 Å². The SMILES string of the molecule is COCC(C)NC(=O)CSc1nnc(CN)n1C(C)C. The van der Waals surface area contributed by atoms with E-state index < -0.39 is 0 Å². The van der Waals surface area contributed by atoms with Gasteiger partial charge in [0.15, 0.2) is 5.16 Å². The number of nitrogens with zero attached hydrogens (tertiary/aromatic N) is 3. The molecule has 1 aromatic heterocycles. The summed E-state index contributed by atoms with van der Waals surface area (Å²) in [6, 6.07) is 0.206. The van der Waals surface area contributed by atoms with Crippen LogP contribution < -0.4 is 11.1 Å². The number of nitrogens with two attached hydrogens (primary N) is 1. The van der Waals surface area contributed by atoms with Gasteiger partial charge in [0.05, 0.1) is 18.9 Å². The maximum absolute atomic E-state index is 11.8. The summed E-state index contributed by atoms with van der Waals surface area (Å²) in [4.78, 5) is 11.8. The molecule has 20 heavy (non-hydrogen) atoms. The van der Waals surface area contributed by atoms with Crippen LogP contribution in [0.25, 0.3) is 0 Å². The summed E-state index contributed by atoms with van der Waals surface area (Å²) in [7, 11) is 1.61. The Morgan fingerprint density at radius 2 is 2.15 bits per heavy atom. The third-order valence-corrected chi connectivity index (χ3v) is 3.53. The smallest absolute Gasteiger partial charge is 0.230 e. The lowest BCUT2D eigenvalue weighted by Crippen LogP contribution is -2.36. The highest BCUT2D eigenvalue weighted by Gasteiger charge is 2.16. The quantitative estimate of drug-likeness (QED) is 0.681. The largest absolute Gasteiger partial charge is 0.383 e. The van der Waals surface area contributed by atoms with E-state index in [1.54, 1.807) is 7.11 Å². The molecule has 3 N–H and O–H groups in total. The van der Waals surface area contributed by atoms with Crippen molar-refractivity contribution in [2.24, 2.45) is 5.73 Å². The van der Waals surface area contributed by atoms with E-state index in [2.05, 4.69) is 15.5 Å². The number of ether oxygens (including phenoxy) is 1. The van der Waals surface area contributed by atoms with Gasteiger partial charge in [-0.05, 0) is 20.8 Å². The Balaban J connectivity index is 2.57. The van der Waals surface area contributed by atoms with Gasteiger partial charge in [-0.25, -0.2) is 0 Å². The Morgan fingerprint density at radius 1 is 1.45 bits per heavy atom. The third-order valence-electron chi connectivity index (χ3n) is 2.59. The van der Waals surface area contributed by atoms with Gasteiger partial charge in [-0.1, -0.05) is 11.8 Å². The van der Waals surface area contributed by atoms with Crippen molar-refractivity contribution in [2.45, 2.75) is 44.6 Å². The molecule has 0 aliphatic heterocycles. The second-order valence-corrected chi connectivity index (χ2v) is 5.72. The molecule has 1 amide bonds. The highest BCUT2D eigenvalue weighted by atomic mass is 32.2. The topological polar surface area (TPSA) is 95.1 Å². The number of hydrogen-bond acceptors (Lipinski definition) is 6. The normalized spacial score (nSPS) is 12.7. The molecule has 0 aliphatic carbocycles. The lowest BCUT2D eigenvalue weighted by atomic mass is 10.3. The van der Waals surface area contributed by atoms with E-state index in [4.69, 9.17) is 10.5 Å².